The van der Waals surface area contributed by atoms with Gasteiger partial charge in [-0.2, -0.15) is 11.3 Å². The average Bonchev–Trinajstić information content (AvgIpc) is 2.36. The summed E-state index contributed by atoms with van der Waals surface area (Å²) in [6.07, 6.45) is 0. The molecule has 0 aliphatic heterocycles. The van der Waals surface area contributed by atoms with Gasteiger partial charge in [-0.15, -0.1) is 0 Å². The van der Waals surface area contributed by atoms with Crippen molar-refractivity contribution in [3.63, 3.8) is 0 Å². The van der Waals surface area contributed by atoms with Gasteiger partial charge < -0.3 is 15.6 Å². The van der Waals surface area contributed by atoms with Crippen LogP contribution in [0.15, 0.2) is 16.8 Å². The van der Waals surface area contributed by atoms with Crippen LogP contribution in [0.4, 0.5) is 0 Å². The van der Waals surface area contributed by atoms with Crippen LogP contribution in [0.5, 0.6) is 0 Å². The van der Waals surface area contributed by atoms with E-state index in [2.05, 4.69) is 0 Å². The van der Waals surface area contributed by atoms with E-state index in [1.807, 2.05) is 0 Å². The van der Waals surface area contributed by atoms with Crippen LogP contribution in [0.3, 0.4) is 0 Å². The summed E-state index contributed by atoms with van der Waals surface area (Å²) in [6.45, 7) is 0. The molecular formula is C6H6NNaO2S. The molecule has 0 fully saturated rings. The Morgan fingerprint density at radius 2 is 2.36 bits per heavy atom. The molecule has 3 nitrogen and oxygen atoms in total. The summed E-state index contributed by atoms with van der Waals surface area (Å²) in [7, 11) is 0. The molecule has 1 atom stereocenters. The van der Waals surface area contributed by atoms with E-state index in [0.29, 0.717) is 5.56 Å². The SMILES string of the molecule is N[C@@H](C(=O)[O-])c1ccsc1.[Na+]. The third kappa shape index (κ3) is 2.92. The molecule has 0 spiro atoms. The monoisotopic (exact) mass is 179 g/mol. The predicted molar refractivity (Wildman–Crippen MR) is 36.3 cm³/mol. The van der Waals surface area contributed by atoms with Gasteiger partial charge in [-0.25, -0.2) is 0 Å². The molecule has 0 saturated heterocycles. The molecule has 11 heavy (non-hydrogen) atoms. The number of hydrogen-bond acceptors (Lipinski definition) is 4. The molecule has 1 aromatic heterocycles. The zero-order valence-electron chi connectivity index (χ0n) is 6.11. The Bertz CT molecular complexity index is 224. The molecule has 0 unspecified atom stereocenters. The fourth-order valence-electron chi connectivity index (χ4n) is 0.588. The number of carbonyl (C=O) groups excluding carboxylic acids is 1. The van der Waals surface area contributed by atoms with Crippen LogP contribution in [0.1, 0.15) is 11.6 Å². The molecule has 54 valence electrons. The van der Waals surface area contributed by atoms with Gasteiger partial charge in [0.15, 0.2) is 0 Å². The van der Waals surface area contributed by atoms with Crippen molar-refractivity contribution < 1.29 is 39.5 Å². The average molecular weight is 179 g/mol. The third-order valence-corrected chi connectivity index (χ3v) is 1.86. The van der Waals surface area contributed by atoms with Crippen molar-refractivity contribution >= 4 is 17.3 Å². The largest absolute Gasteiger partial charge is 1.00 e. The van der Waals surface area contributed by atoms with Gasteiger partial charge in [0, 0.05) is 0 Å². The normalized spacial score (nSPS) is 11.7. The molecule has 1 aromatic rings. The van der Waals surface area contributed by atoms with Gasteiger partial charge in [-0.1, -0.05) is 0 Å². The Morgan fingerprint density at radius 1 is 1.73 bits per heavy atom. The molecule has 0 aliphatic rings. The zero-order chi connectivity index (χ0) is 7.56. The first-order valence-electron chi connectivity index (χ1n) is 2.70. The van der Waals surface area contributed by atoms with Crippen molar-refractivity contribution in [2.24, 2.45) is 5.73 Å². The summed E-state index contributed by atoms with van der Waals surface area (Å²) in [5, 5.41) is 13.6. The molecule has 2 N–H and O–H groups in total. The fraction of sp³-hybridized carbons (Fsp3) is 0.167. The molecule has 0 radical (unpaired) electrons. The zero-order valence-corrected chi connectivity index (χ0v) is 8.93. The summed E-state index contributed by atoms with van der Waals surface area (Å²) in [5.74, 6) is -1.24. The van der Waals surface area contributed by atoms with Crippen LogP contribution < -0.4 is 40.4 Å². The third-order valence-electron chi connectivity index (χ3n) is 1.16. The van der Waals surface area contributed by atoms with Crippen molar-refractivity contribution in [3.8, 4) is 0 Å². The molecule has 0 saturated carbocycles. The van der Waals surface area contributed by atoms with E-state index in [1.165, 1.54) is 11.3 Å². The van der Waals surface area contributed by atoms with Crippen LogP contribution in [0.25, 0.3) is 0 Å². The van der Waals surface area contributed by atoms with Crippen LogP contribution in [-0.4, -0.2) is 5.97 Å². The van der Waals surface area contributed by atoms with E-state index in [-0.39, 0.29) is 29.6 Å². The van der Waals surface area contributed by atoms with Crippen molar-refractivity contribution in [3.05, 3.63) is 22.4 Å². The molecule has 0 aliphatic carbocycles. The second kappa shape index (κ2) is 4.90. The molecule has 0 amide bonds. The van der Waals surface area contributed by atoms with Gasteiger partial charge in [0.2, 0.25) is 0 Å². The molecule has 0 aromatic carbocycles. The van der Waals surface area contributed by atoms with Crippen LogP contribution in [0, 0.1) is 0 Å². The maximum Gasteiger partial charge on any atom is 1.00 e. The van der Waals surface area contributed by atoms with E-state index >= 15 is 0 Å². The minimum absolute atomic E-state index is 0. The van der Waals surface area contributed by atoms with Crippen LogP contribution in [0.2, 0.25) is 0 Å². The Kier molecular flexibility index (Phi) is 4.96. The Hall–Kier alpha value is 0.130. The van der Waals surface area contributed by atoms with E-state index in [1.54, 1.807) is 16.8 Å². The number of aliphatic carboxylic acids is 1. The van der Waals surface area contributed by atoms with Gasteiger partial charge >= 0.3 is 29.6 Å². The van der Waals surface area contributed by atoms with Gasteiger partial charge in [0.05, 0.1) is 12.0 Å². The van der Waals surface area contributed by atoms with Crippen LogP contribution >= 0.6 is 11.3 Å². The summed E-state index contributed by atoms with van der Waals surface area (Å²) in [6, 6.07) is 0.691. The summed E-state index contributed by atoms with van der Waals surface area (Å²) in [4.78, 5) is 10.2. The second-order valence-electron chi connectivity index (χ2n) is 1.85. The molecule has 1 rings (SSSR count). The quantitative estimate of drug-likeness (QED) is 0.479. The first kappa shape index (κ1) is 11.1. The van der Waals surface area contributed by atoms with Gasteiger partial charge in [0.25, 0.3) is 0 Å². The van der Waals surface area contributed by atoms with Gasteiger partial charge in [-0.05, 0) is 22.4 Å². The van der Waals surface area contributed by atoms with Crippen molar-refractivity contribution in [2.45, 2.75) is 6.04 Å². The summed E-state index contributed by atoms with van der Waals surface area (Å²) in [5.41, 5.74) is 5.83. The van der Waals surface area contributed by atoms with Crippen molar-refractivity contribution in [2.75, 3.05) is 0 Å². The standard InChI is InChI=1S/C6H7NO2S.Na/c7-5(6(8)9)4-1-2-10-3-4;/h1-3,5H,7H2,(H,8,9);/q;+1/p-1/t5-;/m1./s1. The first-order chi connectivity index (χ1) is 4.72. The smallest absolute Gasteiger partial charge is 0.548 e. The minimum atomic E-state index is -1.24. The summed E-state index contributed by atoms with van der Waals surface area (Å²) >= 11 is 1.41. The number of carboxylic acids is 1. The topological polar surface area (TPSA) is 66.2 Å². The number of nitrogens with two attached hydrogens (primary N) is 1. The molecular weight excluding hydrogens is 173 g/mol. The first-order valence-corrected chi connectivity index (χ1v) is 3.64. The van der Waals surface area contributed by atoms with E-state index in [9.17, 15) is 9.90 Å². The number of carboxylic acid groups (broad SMARTS) is 1. The number of carbonyl (C=O) groups is 1. The maximum absolute atomic E-state index is 10.2. The Labute approximate surface area is 90.5 Å². The van der Waals surface area contributed by atoms with Crippen molar-refractivity contribution in [1.29, 1.82) is 0 Å². The van der Waals surface area contributed by atoms with Crippen LogP contribution in [-0.2, 0) is 4.79 Å². The number of thiophene rings is 1. The Balaban J connectivity index is 0.000001000. The van der Waals surface area contributed by atoms with Gasteiger partial charge in [-0.3, -0.25) is 0 Å². The predicted octanol–water partition coefficient (Wildman–Crippen LogP) is -3.50. The maximum atomic E-state index is 10.2. The number of hydrogen-bond donors (Lipinski definition) is 1. The molecule has 5 heteroatoms. The van der Waals surface area contributed by atoms with Crippen molar-refractivity contribution in [1.82, 2.24) is 0 Å². The van der Waals surface area contributed by atoms with Gasteiger partial charge in [0.1, 0.15) is 0 Å². The molecule has 0 bridgehead atoms. The second-order valence-corrected chi connectivity index (χ2v) is 2.63. The fourth-order valence-corrected chi connectivity index (χ4v) is 1.28. The van der Waals surface area contributed by atoms with E-state index in [4.69, 9.17) is 5.73 Å². The minimum Gasteiger partial charge on any atom is -0.548 e. The van der Waals surface area contributed by atoms with E-state index in [0.717, 1.165) is 0 Å². The summed E-state index contributed by atoms with van der Waals surface area (Å²) < 4.78 is 0. The van der Waals surface area contributed by atoms with E-state index < -0.39 is 12.0 Å². The molecule has 1 heterocycles. The number of rotatable bonds is 2. The Morgan fingerprint density at radius 3 is 2.73 bits per heavy atom.